The van der Waals surface area contributed by atoms with Gasteiger partial charge in [-0.1, -0.05) is 37.6 Å². The number of hydrogen-bond donors (Lipinski definition) is 1. The molecular formula is C35H43N5O2. The summed E-state index contributed by atoms with van der Waals surface area (Å²) in [6.45, 7) is 11.6. The van der Waals surface area contributed by atoms with Crippen molar-refractivity contribution < 1.29 is 9.53 Å². The van der Waals surface area contributed by atoms with Gasteiger partial charge in [0.25, 0.3) is 5.91 Å². The highest BCUT2D eigenvalue weighted by atomic mass is 16.5. The fraction of sp³-hybridized carbons (Fsp3) is 0.400. The molecule has 1 aromatic heterocycles. The minimum atomic E-state index is 0.0124. The molecule has 3 heterocycles. The molecule has 7 heteroatoms. The lowest BCUT2D eigenvalue weighted by Gasteiger charge is -2.34. The Morgan fingerprint density at radius 2 is 1.69 bits per heavy atom. The predicted molar refractivity (Wildman–Crippen MR) is 171 cm³/mol. The Hall–Kier alpha value is -3.65. The van der Waals surface area contributed by atoms with Crippen molar-refractivity contribution in [2.75, 3.05) is 70.9 Å². The van der Waals surface area contributed by atoms with E-state index in [9.17, 15) is 4.79 Å². The third-order valence-electron chi connectivity index (χ3n) is 8.72. The largest absolute Gasteiger partial charge is 0.492 e. The highest BCUT2D eigenvalue weighted by molar-refractivity contribution is 6.07. The first kappa shape index (κ1) is 28.5. The van der Waals surface area contributed by atoms with Crippen LogP contribution < -0.4 is 9.64 Å². The Balaban J connectivity index is 1.23. The minimum Gasteiger partial charge on any atom is -0.492 e. The summed E-state index contributed by atoms with van der Waals surface area (Å²) in [5.41, 5.74) is 6.02. The summed E-state index contributed by atoms with van der Waals surface area (Å²) in [6, 6.07) is 22.7. The van der Waals surface area contributed by atoms with Crippen LogP contribution in [-0.4, -0.2) is 91.6 Å². The van der Waals surface area contributed by atoms with Gasteiger partial charge in [0.1, 0.15) is 12.4 Å². The molecule has 0 aliphatic carbocycles. The van der Waals surface area contributed by atoms with Gasteiger partial charge in [-0.2, -0.15) is 0 Å². The molecule has 7 nitrogen and oxygen atoms in total. The Morgan fingerprint density at radius 3 is 2.52 bits per heavy atom. The lowest BCUT2D eigenvalue weighted by molar-refractivity contribution is 0.0985. The summed E-state index contributed by atoms with van der Waals surface area (Å²) >= 11 is 0. The second kappa shape index (κ2) is 13.1. The van der Waals surface area contributed by atoms with Crippen molar-refractivity contribution in [3.05, 3.63) is 84.1 Å². The molecule has 42 heavy (non-hydrogen) atoms. The third kappa shape index (κ3) is 6.38. The molecule has 4 aromatic rings. The van der Waals surface area contributed by atoms with Crippen molar-refractivity contribution in [3.63, 3.8) is 0 Å². The fourth-order valence-electron chi connectivity index (χ4n) is 6.17. The number of carbonyl (C=O) groups excluding carboxylic acids is 1. The predicted octanol–water partition coefficient (Wildman–Crippen LogP) is 5.72. The minimum absolute atomic E-state index is 0.0124. The van der Waals surface area contributed by atoms with E-state index < -0.39 is 0 Å². The number of piperazine rings is 1. The molecule has 0 unspecified atom stereocenters. The molecule has 0 radical (unpaired) electrons. The van der Waals surface area contributed by atoms with E-state index in [1.807, 2.05) is 35.4 Å². The zero-order chi connectivity index (χ0) is 28.9. The Morgan fingerprint density at radius 1 is 0.881 bits per heavy atom. The Kier molecular flexibility index (Phi) is 8.89. The van der Waals surface area contributed by atoms with Crippen LogP contribution in [0.1, 0.15) is 35.7 Å². The van der Waals surface area contributed by atoms with E-state index in [4.69, 9.17) is 4.74 Å². The van der Waals surface area contributed by atoms with Gasteiger partial charge in [-0.3, -0.25) is 9.69 Å². The molecule has 0 atom stereocenters. The van der Waals surface area contributed by atoms with Crippen LogP contribution in [0.5, 0.6) is 5.75 Å². The van der Waals surface area contributed by atoms with E-state index >= 15 is 0 Å². The Bertz CT molecular complexity index is 1510. The van der Waals surface area contributed by atoms with Gasteiger partial charge >= 0.3 is 0 Å². The number of rotatable bonds is 9. The van der Waals surface area contributed by atoms with E-state index in [1.54, 1.807) is 0 Å². The third-order valence-corrected chi connectivity index (χ3v) is 8.72. The molecule has 2 aliphatic heterocycles. The smallest absolute Gasteiger partial charge is 0.258 e. The molecule has 220 valence electrons. The molecule has 2 aliphatic rings. The summed E-state index contributed by atoms with van der Waals surface area (Å²) < 4.78 is 6.53. The van der Waals surface area contributed by atoms with Gasteiger partial charge in [-0.25, -0.2) is 0 Å². The van der Waals surface area contributed by atoms with E-state index in [2.05, 4.69) is 76.1 Å². The number of anilines is 1. The van der Waals surface area contributed by atoms with Crippen LogP contribution in [0.4, 0.5) is 5.69 Å². The van der Waals surface area contributed by atoms with Gasteiger partial charge in [-0.15, -0.1) is 0 Å². The van der Waals surface area contributed by atoms with Gasteiger partial charge in [0.2, 0.25) is 0 Å². The zero-order valence-electron chi connectivity index (χ0n) is 25.0. The van der Waals surface area contributed by atoms with Crippen LogP contribution in [-0.2, 0) is 6.54 Å². The second-order valence-electron chi connectivity index (χ2n) is 11.7. The van der Waals surface area contributed by atoms with Crippen LogP contribution in [0.2, 0.25) is 0 Å². The summed E-state index contributed by atoms with van der Waals surface area (Å²) in [5, 5.41) is 1.16. The van der Waals surface area contributed by atoms with Gasteiger partial charge in [0.15, 0.2) is 0 Å². The fourth-order valence-corrected chi connectivity index (χ4v) is 6.17. The monoisotopic (exact) mass is 565 g/mol. The molecule has 6 rings (SSSR count). The Labute approximate surface area is 249 Å². The average Bonchev–Trinajstić information content (AvgIpc) is 3.42. The number of aromatic nitrogens is 1. The van der Waals surface area contributed by atoms with Gasteiger partial charge in [0, 0.05) is 80.9 Å². The van der Waals surface area contributed by atoms with Crippen LogP contribution in [0.25, 0.3) is 22.0 Å². The molecule has 0 spiro atoms. The maximum Gasteiger partial charge on any atom is 0.258 e. The van der Waals surface area contributed by atoms with Crippen molar-refractivity contribution in [2.24, 2.45) is 0 Å². The number of benzene rings is 3. The number of aromatic amines is 1. The summed E-state index contributed by atoms with van der Waals surface area (Å²) in [5.74, 6) is 0.774. The standard InChI is InChI=1S/C35H43N5O2/c1-3-4-15-38-17-19-39(20-18-38)22-23-42-34-25-29(9-11-31(34)27-10-12-32-28(24-27)13-14-36-32)35(41)40-21-16-37(2)26-30-7-5-6-8-33(30)40/h5-14,24-25,36H,3-4,15-23,26H2,1-2H3. The molecule has 0 saturated carbocycles. The number of carbonyl (C=O) groups is 1. The lowest BCUT2D eigenvalue weighted by atomic mass is 10.0. The van der Waals surface area contributed by atoms with Gasteiger partial charge < -0.3 is 24.4 Å². The number of para-hydroxylation sites is 1. The highest BCUT2D eigenvalue weighted by Crippen LogP contribution is 2.34. The molecule has 1 N–H and O–H groups in total. The SMILES string of the molecule is CCCCN1CCN(CCOc2cc(C(=O)N3CCN(C)Cc4ccccc43)ccc2-c2ccc3[nH]ccc3c2)CC1. The number of ether oxygens (including phenoxy) is 1. The highest BCUT2D eigenvalue weighted by Gasteiger charge is 2.25. The number of hydrogen-bond acceptors (Lipinski definition) is 5. The summed E-state index contributed by atoms with van der Waals surface area (Å²) in [4.78, 5) is 26.6. The van der Waals surface area contributed by atoms with Crippen molar-refractivity contribution >= 4 is 22.5 Å². The number of unbranched alkanes of at least 4 members (excludes halogenated alkanes) is 1. The van der Waals surface area contributed by atoms with E-state index in [-0.39, 0.29) is 5.91 Å². The number of fused-ring (bicyclic) bond motifs is 2. The molecule has 3 aromatic carbocycles. The second-order valence-corrected chi connectivity index (χ2v) is 11.7. The van der Waals surface area contributed by atoms with Crippen molar-refractivity contribution in [3.8, 4) is 16.9 Å². The first-order valence-electron chi connectivity index (χ1n) is 15.5. The molecule has 1 saturated heterocycles. The molecule has 1 amide bonds. The molecule has 1 fully saturated rings. The van der Waals surface area contributed by atoms with Crippen molar-refractivity contribution in [2.45, 2.75) is 26.3 Å². The quantitative estimate of drug-likeness (QED) is 0.281. The zero-order valence-corrected chi connectivity index (χ0v) is 25.0. The molecular weight excluding hydrogens is 522 g/mol. The lowest BCUT2D eigenvalue weighted by Crippen LogP contribution is -2.47. The molecule has 0 bridgehead atoms. The topological polar surface area (TPSA) is 55.1 Å². The van der Waals surface area contributed by atoms with Crippen molar-refractivity contribution in [1.82, 2.24) is 19.7 Å². The van der Waals surface area contributed by atoms with Gasteiger partial charge in [-0.05, 0) is 79.0 Å². The van der Waals surface area contributed by atoms with Crippen LogP contribution in [0.3, 0.4) is 0 Å². The van der Waals surface area contributed by atoms with Crippen molar-refractivity contribution in [1.29, 1.82) is 0 Å². The number of likely N-dealkylation sites (N-methyl/N-ethyl adjacent to an activating group) is 1. The number of nitrogens with one attached hydrogen (secondary N) is 1. The first-order valence-corrected chi connectivity index (χ1v) is 15.5. The van der Waals surface area contributed by atoms with E-state index in [1.165, 1.54) is 24.9 Å². The number of amides is 1. The summed E-state index contributed by atoms with van der Waals surface area (Å²) in [6.07, 6.45) is 4.48. The first-order chi connectivity index (χ1) is 20.6. The number of nitrogens with zero attached hydrogens (tertiary/aromatic N) is 4. The van der Waals surface area contributed by atoms with E-state index in [0.717, 1.165) is 79.3 Å². The average molecular weight is 566 g/mol. The number of H-pyrrole nitrogens is 1. The van der Waals surface area contributed by atoms with Gasteiger partial charge in [0.05, 0.1) is 0 Å². The summed E-state index contributed by atoms with van der Waals surface area (Å²) in [7, 11) is 2.11. The van der Waals surface area contributed by atoms with Crippen LogP contribution in [0, 0.1) is 0 Å². The van der Waals surface area contributed by atoms with Crippen LogP contribution >= 0.6 is 0 Å². The maximum absolute atomic E-state index is 14.0. The van der Waals surface area contributed by atoms with E-state index in [0.29, 0.717) is 18.7 Å². The normalized spacial score (nSPS) is 16.9. The maximum atomic E-state index is 14.0. The van der Waals surface area contributed by atoms with Crippen LogP contribution in [0.15, 0.2) is 72.9 Å².